The number of hydrogen-bond acceptors (Lipinski definition) is 5. The average molecular weight is 267 g/mol. The Morgan fingerprint density at radius 1 is 1.67 bits per heavy atom. The molecule has 6 heteroatoms. The Morgan fingerprint density at radius 3 is 2.94 bits per heavy atom. The number of aliphatic carboxylic acids is 1. The maximum atomic E-state index is 10.6. The molecule has 0 aliphatic heterocycles. The Morgan fingerprint density at radius 2 is 2.39 bits per heavy atom. The molecule has 0 bridgehead atoms. The van der Waals surface area contributed by atoms with Gasteiger partial charge in [-0.3, -0.25) is 4.79 Å². The number of nitrogens with zero attached hydrogens (tertiary/aromatic N) is 3. The van der Waals surface area contributed by atoms with Crippen molar-refractivity contribution in [2.75, 3.05) is 18.0 Å². The van der Waals surface area contributed by atoms with Gasteiger partial charge < -0.3 is 10.0 Å². The number of anilines is 1. The van der Waals surface area contributed by atoms with Crippen LogP contribution in [0, 0.1) is 17.2 Å². The van der Waals surface area contributed by atoms with Crippen LogP contribution in [0.4, 0.5) is 5.13 Å². The van der Waals surface area contributed by atoms with Gasteiger partial charge in [-0.25, -0.2) is 4.98 Å². The van der Waals surface area contributed by atoms with Crippen molar-refractivity contribution >= 4 is 22.4 Å². The monoisotopic (exact) mass is 267 g/mol. The fourth-order valence-electron chi connectivity index (χ4n) is 1.57. The van der Waals surface area contributed by atoms with Crippen molar-refractivity contribution < 1.29 is 9.90 Å². The molecule has 0 unspecified atom stereocenters. The Balaban J connectivity index is 2.74. The maximum absolute atomic E-state index is 10.6. The molecular weight excluding hydrogens is 250 g/mol. The molecule has 0 aromatic carbocycles. The van der Waals surface area contributed by atoms with Gasteiger partial charge in [0.2, 0.25) is 0 Å². The molecule has 0 aliphatic carbocycles. The highest BCUT2D eigenvalue weighted by atomic mass is 32.1. The highest BCUT2D eigenvalue weighted by Gasteiger charge is 2.13. The minimum absolute atomic E-state index is 0.0513. The van der Waals surface area contributed by atoms with Crippen LogP contribution >= 0.6 is 11.3 Å². The average Bonchev–Trinajstić information content (AvgIpc) is 2.71. The van der Waals surface area contributed by atoms with Gasteiger partial charge in [0.1, 0.15) is 0 Å². The summed E-state index contributed by atoms with van der Waals surface area (Å²) in [5.74, 6) is -0.408. The molecule has 1 heterocycles. The second kappa shape index (κ2) is 6.97. The number of hydrogen-bond donors (Lipinski definition) is 1. The van der Waals surface area contributed by atoms with Crippen LogP contribution in [-0.2, 0) is 11.2 Å². The SMILES string of the molecule is CC(C)CN(CCC#N)c1nc(CC(=O)O)cs1. The molecule has 1 aromatic rings. The normalized spacial score (nSPS) is 10.3. The summed E-state index contributed by atoms with van der Waals surface area (Å²) in [7, 11) is 0. The van der Waals surface area contributed by atoms with Crippen LogP contribution in [0.15, 0.2) is 5.38 Å². The van der Waals surface area contributed by atoms with Crippen molar-refractivity contribution in [1.29, 1.82) is 5.26 Å². The van der Waals surface area contributed by atoms with Gasteiger partial charge in [0, 0.05) is 18.5 Å². The van der Waals surface area contributed by atoms with Gasteiger partial charge in [0.05, 0.1) is 24.6 Å². The molecule has 0 atom stereocenters. The third-order valence-electron chi connectivity index (χ3n) is 2.22. The van der Waals surface area contributed by atoms with Crippen molar-refractivity contribution in [3.05, 3.63) is 11.1 Å². The summed E-state index contributed by atoms with van der Waals surface area (Å²) >= 11 is 1.43. The first-order valence-corrected chi connectivity index (χ1v) is 6.69. The van der Waals surface area contributed by atoms with E-state index in [1.807, 2.05) is 4.90 Å². The topological polar surface area (TPSA) is 77.2 Å². The number of nitriles is 1. The van der Waals surface area contributed by atoms with Gasteiger partial charge in [-0.2, -0.15) is 5.26 Å². The molecule has 0 saturated heterocycles. The number of rotatable bonds is 7. The molecule has 0 spiro atoms. The smallest absolute Gasteiger partial charge is 0.309 e. The van der Waals surface area contributed by atoms with Crippen LogP contribution in [0.2, 0.25) is 0 Å². The van der Waals surface area contributed by atoms with Crippen molar-refractivity contribution in [3.63, 3.8) is 0 Å². The molecular formula is C12H17N3O2S. The zero-order chi connectivity index (χ0) is 13.5. The van der Waals surface area contributed by atoms with Crippen LogP contribution in [0.25, 0.3) is 0 Å². The van der Waals surface area contributed by atoms with Crippen molar-refractivity contribution in [3.8, 4) is 6.07 Å². The Bertz CT molecular complexity index is 437. The lowest BCUT2D eigenvalue weighted by atomic mass is 10.2. The molecule has 18 heavy (non-hydrogen) atoms. The lowest BCUT2D eigenvalue weighted by Gasteiger charge is -2.22. The second-order valence-corrected chi connectivity index (χ2v) is 5.28. The van der Waals surface area contributed by atoms with E-state index in [2.05, 4.69) is 24.9 Å². The summed E-state index contributed by atoms with van der Waals surface area (Å²) in [4.78, 5) is 17.0. The molecule has 0 fully saturated rings. The lowest BCUT2D eigenvalue weighted by molar-refractivity contribution is -0.136. The van der Waals surface area contributed by atoms with Crippen LogP contribution < -0.4 is 4.90 Å². The Labute approximate surface area is 111 Å². The molecule has 0 radical (unpaired) electrons. The van der Waals surface area contributed by atoms with Crippen LogP contribution in [0.5, 0.6) is 0 Å². The van der Waals surface area contributed by atoms with E-state index in [1.54, 1.807) is 5.38 Å². The second-order valence-electron chi connectivity index (χ2n) is 4.44. The zero-order valence-corrected chi connectivity index (χ0v) is 11.4. The van der Waals surface area contributed by atoms with E-state index < -0.39 is 5.97 Å². The first kappa shape index (κ1) is 14.5. The highest BCUT2D eigenvalue weighted by Crippen LogP contribution is 2.22. The first-order chi connectivity index (χ1) is 8.52. The largest absolute Gasteiger partial charge is 0.481 e. The number of carboxylic acid groups (broad SMARTS) is 1. The molecule has 1 rings (SSSR count). The predicted octanol–water partition coefficient (Wildman–Crippen LogP) is 2.15. The summed E-state index contributed by atoms with van der Waals surface area (Å²) < 4.78 is 0. The molecule has 0 saturated carbocycles. The third-order valence-corrected chi connectivity index (χ3v) is 3.17. The number of carboxylic acids is 1. The minimum Gasteiger partial charge on any atom is -0.481 e. The Kier molecular flexibility index (Phi) is 5.59. The van der Waals surface area contributed by atoms with Gasteiger partial charge >= 0.3 is 5.97 Å². The van der Waals surface area contributed by atoms with Gasteiger partial charge in [-0.15, -0.1) is 11.3 Å². The van der Waals surface area contributed by atoms with Gasteiger partial charge in [-0.05, 0) is 5.92 Å². The first-order valence-electron chi connectivity index (χ1n) is 5.81. The van der Waals surface area contributed by atoms with E-state index in [4.69, 9.17) is 10.4 Å². The maximum Gasteiger partial charge on any atom is 0.309 e. The number of carbonyl (C=O) groups is 1. The summed E-state index contributed by atoms with van der Waals surface area (Å²) in [6, 6.07) is 2.12. The Hall–Kier alpha value is -1.61. The standard InChI is InChI=1S/C12H17N3O2S/c1-9(2)7-15(5-3-4-13)12-14-10(8-18-12)6-11(16)17/h8-9H,3,5-7H2,1-2H3,(H,16,17). The minimum atomic E-state index is -0.876. The van der Waals surface area contributed by atoms with Crippen molar-refractivity contribution in [2.24, 2.45) is 5.92 Å². The quantitative estimate of drug-likeness (QED) is 0.819. The van der Waals surface area contributed by atoms with Crippen molar-refractivity contribution in [1.82, 2.24) is 4.98 Å². The van der Waals surface area contributed by atoms with E-state index in [-0.39, 0.29) is 6.42 Å². The van der Waals surface area contributed by atoms with Crippen LogP contribution in [-0.4, -0.2) is 29.1 Å². The molecule has 1 N–H and O–H groups in total. The van der Waals surface area contributed by atoms with Crippen LogP contribution in [0.1, 0.15) is 26.0 Å². The molecule has 0 amide bonds. The lowest BCUT2D eigenvalue weighted by Crippen LogP contribution is -2.28. The molecule has 5 nitrogen and oxygen atoms in total. The van der Waals surface area contributed by atoms with E-state index in [1.165, 1.54) is 11.3 Å². The number of thiazole rings is 1. The van der Waals surface area contributed by atoms with E-state index >= 15 is 0 Å². The summed E-state index contributed by atoms with van der Waals surface area (Å²) in [6.45, 7) is 5.66. The van der Waals surface area contributed by atoms with E-state index in [9.17, 15) is 4.79 Å². The van der Waals surface area contributed by atoms with E-state index in [0.717, 1.165) is 11.7 Å². The third kappa shape index (κ3) is 4.72. The van der Waals surface area contributed by atoms with E-state index in [0.29, 0.717) is 24.6 Å². The fraction of sp³-hybridized carbons (Fsp3) is 0.583. The van der Waals surface area contributed by atoms with Gasteiger partial charge in [-0.1, -0.05) is 13.8 Å². The summed E-state index contributed by atoms with van der Waals surface area (Å²) in [5.41, 5.74) is 0.577. The predicted molar refractivity (Wildman–Crippen MR) is 70.7 cm³/mol. The highest BCUT2D eigenvalue weighted by molar-refractivity contribution is 7.13. The fourth-order valence-corrected chi connectivity index (χ4v) is 2.43. The molecule has 0 aliphatic rings. The molecule has 98 valence electrons. The zero-order valence-electron chi connectivity index (χ0n) is 10.6. The van der Waals surface area contributed by atoms with Crippen molar-refractivity contribution in [2.45, 2.75) is 26.7 Å². The van der Waals surface area contributed by atoms with Crippen LogP contribution in [0.3, 0.4) is 0 Å². The summed E-state index contributed by atoms with van der Waals surface area (Å²) in [6.07, 6.45) is 0.394. The van der Waals surface area contributed by atoms with Gasteiger partial charge in [0.25, 0.3) is 0 Å². The molecule has 1 aromatic heterocycles. The number of aromatic nitrogens is 1. The van der Waals surface area contributed by atoms with Gasteiger partial charge in [0.15, 0.2) is 5.13 Å². The summed E-state index contributed by atoms with van der Waals surface area (Å²) in [5, 5.41) is 19.9.